The van der Waals surface area contributed by atoms with E-state index in [-0.39, 0.29) is 17.1 Å². The summed E-state index contributed by atoms with van der Waals surface area (Å²) in [4.78, 5) is 0. The molecule has 0 radical (unpaired) electrons. The van der Waals surface area contributed by atoms with E-state index in [4.69, 9.17) is 0 Å². The summed E-state index contributed by atoms with van der Waals surface area (Å²) in [5.41, 5.74) is 1.45. The Bertz CT molecular complexity index is 267. The molecule has 0 bridgehead atoms. The van der Waals surface area contributed by atoms with Crippen LogP contribution < -0.4 is 0 Å². The second-order valence-corrected chi connectivity index (χ2v) is 3.84. The van der Waals surface area contributed by atoms with E-state index in [9.17, 15) is 0 Å². The van der Waals surface area contributed by atoms with Gasteiger partial charge in [-0.1, -0.05) is 28.8 Å². The zero-order valence-corrected chi connectivity index (χ0v) is 11.2. The summed E-state index contributed by atoms with van der Waals surface area (Å²) >= 11 is 3.40. The Morgan fingerprint density at radius 2 is 1.40 bits per heavy atom. The van der Waals surface area contributed by atoms with Crippen LogP contribution in [0.2, 0.25) is 0 Å². The Kier molecular flexibility index (Phi) is 10.0. The summed E-state index contributed by atoms with van der Waals surface area (Å²) in [7, 11) is 0. The topological polar surface area (TPSA) is 0 Å². The van der Waals surface area contributed by atoms with E-state index in [0.29, 0.717) is 0 Å². The molecule has 15 heavy (non-hydrogen) atoms. The predicted molar refractivity (Wildman–Crippen MR) is 66.2 cm³/mol. The van der Waals surface area contributed by atoms with Crippen molar-refractivity contribution in [3.8, 4) is 0 Å². The number of halogens is 1. The minimum atomic E-state index is 0. The number of hydrogen-bond acceptors (Lipinski definition) is 0. The van der Waals surface area contributed by atoms with Crippen LogP contribution in [0.4, 0.5) is 0 Å². The molecule has 0 unspecified atom stereocenters. The molecule has 2 rings (SSSR count). The first-order valence-electron chi connectivity index (χ1n) is 4.86. The van der Waals surface area contributed by atoms with Crippen LogP contribution in [0, 0.1) is 0 Å². The monoisotopic (exact) mass is 306 g/mol. The van der Waals surface area contributed by atoms with Gasteiger partial charge in [-0.2, -0.15) is 17.7 Å². The summed E-state index contributed by atoms with van der Waals surface area (Å²) < 4.78 is 0. The van der Waals surface area contributed by atoms with E-state index >= 15 is 0 Å². The number of rotatable bonds is 3. The van der Waals surface area contributed by atoms with Crippen molar-refractivity contribution >= 4 is 15.9 Å². The molecule has 0 amide bonds. The first-order valence-corrected chi connectivity index (χ1v) is 5.99. The molecule has 88 valence electrons. The van der Waals surface area contributed by atoms with Crippen LogP contribution in [0.5, 0.6) is 0 Å². The first kappa shape index (κ1) is 14.7. The normalized spacial score (nSPS) is 8.60. The molecule has 2 heteroatoms. The standard InChI is InChI=1S/C8H10Br.C5H5.Fe/c9-7-3-6-8-4-1-2-5-8;1-2-4-5-3-1;/h1-2,4-5H,3,6-7H2;1-5H;/q-1;-5;. The third kappa shape index (κ3) is 7.61. The molecule has 0 N–H and O–H groups in total. The minimum Gasteiger partial charge on any atom is -0.748 e. The molecule has 0 heterocycles. The van der Waals surface area contributed by atoms with Crippen LogP contribution in [0.1, 0.15) is 12.0 Å². The van der Waals surface area contributed by atoms with Crippen molar-refractivity contribution in [3.63, 3.8) is 0 Å². The molecule has 2 aromatic carbocycles. The van der Waals surface area contributed by atoms with Gasteiger partial charge < -0.3 is 30.3 Å². The van der Waals surface area contributed by atoms with Crippen LogP contribution in [0.25, 0.3) is 0 Å². The van der Waals surface area contributed by atoms with Gasteiger partial charge in [0.1, 0.15) is 0 Å². The van der Waals surface area contributed by atoms with Gasteiger partial charge in [0.15, 0.2) is 0 Å². The molecule has 0 atom stereocenters. The first-order chi connectivity index (χ1) is 6.93. The van der Waals surface area contributed by atoms with Crippen molar-refractivity contribution < 1.29 is 17.1 Å². The molecule has 0 aliphatic carbocycles. The van der Waals surface area contributed by atoms with Crippen LogP contribution in [0.15, 0.2) is 54.6 Å². The molecular weight excluding hydrogens is 292 g/mol. The van der Waals surface area contributed by atoms with E-state index in [2.05, 4.69) is 40.2 Å². The summed E-state index contributed by atoms with van der Waals surface area (Å²) in [6, 6.07) is 18.5. The minimum absolute atomic E-state index is 0. The molecule has 0 aliphatic heterocycles. The van der Waals surface area contributed by atoms with Crippen molar-refractivity contribution in [2.45, 2.75) is 12.8 Å². The maximum Gasteiger partial charge on any atom is 0.00247 e. The molecule has 0 fully saturated rings. The van der Waals surface area contributed by atoms with Gasteiger partial charge >= 0.3 is 0 Å². The number of hydrogen-bond donors (Lipinski definition) is 0. The van der Waals surface area contributed by atoms with Crippen molar-refractivity contribution in [1.82, 2.24) is 0 Å². The Hall–Kier alpha value is -0.301. The van der Waals surface area contributed by atoms with Gasteiger partial charge in [0.05, 0.1) is 0 Å². The Morgan fingerprint density at radius 3 is 1.80 bits per heavy atom. The fourth-order valence-electron chi connectivity index (χ4n) is 1.17. The molecule has 0 saturated carbocycles. The third-order valence-electron chi connectivity index (χ3n) is 1.89. The summed E-state index contributed by atoms with van der Waals surface area (Å²) in [6.45, 7) is 0. The molecule has 0 nitrogen and oxygen atoms in total. The average Bonchev–Trinajstić information content (AvgIpc) is 2.90. The average molecular weight is 307 g/mol. The van der Waals surface area contributed by atoms with E-state index in [1.165, 1.54) is 18.4 Å². The Labute approximate surface area is 111 Å². The van der Waals surface area contributed by atoms with Crippen LogP contribution in [-0.4, -0.2) is 5.33 Å². The van der Waals surface area contributed by atoms with Gasteiger partial charge in [0, 0.05) is 22.4 Å². The predicted octanol–water partition coefficient (Wildman–Crippen LogP) is 4.14. The van der Waals surface area contributed by atoms with Gasteiger partial charge in [-0.05, 0) is 0 Å². The number of alkyl halides is 1. The van der Waals surface area contributed by atoms with Crippen molar-refractivity contribution in [1.29, 1.82) is 0 Å². The summed E-state index contributed by atoms with van der Waals surface area (Å²) in [5.74, 6) is 0. The summed E-state index contributed by atoms with van der Waals surface area (Å²) in [5, 5.41) is 1.11. The van der Waals surface area contributed by atoms with E-state index in [1.54, 1.807) is 0 Å². The van der Waals surface area contributed by atoms with Crippen molar-refractivity contribution in [2.24, 2.45) is 0 Å². The number of aryl methyl sites for hydroxylation is 1. The SMILES string of the molecule is BrCCC[c-]1cccc1.[Fe].[cH-]1[cH-][cH-][cH-][cH-]1. The van der Waals surface area contributed by atoms with Gasteiger partial charge in [0.25, 0.3) is 0 Å². The van der Waals surface area contributed by atoms with Crippen LogP contribution in [0.3, 0.4) is 0 Å². The smallest absolute Gasteiger partial charge is 0.00247 e. The Balaban J connectivity index is 0.000000280. The maximum absolute atomic E-state index is 3.40. The van der Waals surface area contributed by atoms with Crippen molar-refractivity contribution in [2.75, 3.05) is 5.33 Å². The van der Waals surface area contributed by atoms with Gasteiger partial charge in [-0.3, -0.25) is 0 Å². The zero-order chi connectivity index (χ0) is 10.1. The second-order valence-electron chi connectivity index (χ2n) is 3.05. The fourth-order valence-corrected chi connectivity index (χ4v) is 1.45. The van der Waals surface area contributed by atoms with E-state index in [0.717, 1.165) is 5.33 Å². The third-order valence-corrected chi connectivity index (χ3v) is 2.45. The van der Waals surface area contributed by atoms with Crippen molar-refractivity contribution in [3.05, 3.63) is 60.2 Å². The molecular formula is C13H15BrFe-6. The van der Waals surface area contributed by atoms with Gasteiger partial charge in [0.2, 0.25) is 0 Å². The maximum atomic E-state index is 3.40. The van der Waals surface area contributed by atoms with E-state index in [1.807, 2.05) is 30.3 Å². The molecule has 2 aromatic rings. The van der Waals surface area contributed by atoms with Crippen LogP contribution >= 0.6 is 15.9 Å². The van der Waals surface area contributed by atoms with Crippen LogP contribution in [-0.2, 0) is 23.5 Å². The zero-order valence-electron chi connectivity index (χ0n) is 8.55. The molecule has 0 spiro atoms. The van der Waals surface area contributed by atoms with Gasteiger partial charge in [-0.25, -0.2) is 12.1 Å². The van der Waals surface area contributed by atoms with E-state index < -0.39 is 0 Å². The van der Waals surface area contributed by atoms with Gasteiger partial charge in [-0.15, -0.1) is 0 Å². The summed E-state index contributed by atoms with van der Waals surface area (Å²) in [6.07, 6.45) is 2.45. The Morgan fingerprint density at radius 1 is 0.933 bits per heavy atom. The fraction of sp³-hybridized carbons (Fsp3) is 0.231. The largest absolute Gasteiger partial charge is 0.748 e. The quantitative estimate of drug-likeness (QED) is 0.454. The molecule has 0 aliphatic rings. The second kappa shape index (κ2) is 10.2. The molecule has 0 saturated heterocycles. The molecule has 0 aromatic heterocycles.